The molecule has 2 heterocycles. The molecule has 2 aliphatic rings. The molecule has 1 aromatic carbocycles. The first-order valence-electron chi connectivity index (χ1n) is 7.85. The molecule has 7 nitrogen and oxygen atoms in total. The maximum Gasteiger partial charge on any atom is 0.235 e. The van der Waals surface area contributed by atoms with E-state index in [2.05, 4.69) is 5.32 Å². The van der Waals surface area contributed by atoms with Crippen LogP contribution in [0.3, 0.4) is 0 Å². The van der Waals surface area contributed by atoms with Crippen molar-refractivity contribution >= 4 is 31.5 Å². The minimum Gasteiger partial charge on any atom is -0.352 e. The summed E-state index contributed by atoms with van der Waals surface area (Å²) in [5.41, 5.74) is 1.67. The highest BCUT2D eigenvalue weighted by Gasteiger charge is 2.31. The van der Waals surface area contributed by atoms with Crippen molar-refractivity contribution in [2.45, 2.75) is 25.3 Å². The molecule has 1 atom stereocenters. The summed E-state index contributed by atoms with van der Waals surface area (Å²) in [6.07, 6.45) is 0.888. The van der Waals surface area contributed by atoms with E-state index < -0.39 is 31.8 Å². The number of amides is 1. The fraction of sp³-hybridized carbons (Fsp3) is 0.533. The highest BCUT2D eigenvalue weighted by atomic mass is 32.2. The summed E-state index contributed by atoms with van der Waals surface area (Å²) in [5, 5.41) is 2.62. The van der Waals surface area contributed by atoms with E-state index in [4.69, 9.17) is 0 Å². The number of carbonyl (C=O) groups is 1. The van der Waals surface area contributed by atoms with E-state index in [0.717, 1.165) is 5.56 Å². The predicted octanol–water partition coefficient (Wildman–Crippen LogP) is 0.0723. The van der Waals surface area contributed by atoms with Crippen molar-refractivity contribution in [1.82, 2.24) is 5.32 Å². The zero-order valence-corrected chi connectivity index (χ0v) is 14.8. The molecular weight excluding hydrogens is 352 g/mol. The van der Waals surface area contributed by atoms with Crippen LogP contribution in [-0.2, 0) is 31.1 Å². The first kappa shape index (κ1) is 17.2. The van der Waals surface area contributed by atoms with E-state index in [0.29, 0.717) is 25.1 Å². The Bertz CT molecular complexity index is 848. The highest BCUT2D eigenvalue weighted by molar-refractivity contribution is 7.92. The SMILES string of the molecule is O=C(CCS(=O)(=O)N1CCc2ccccc21)NC1CCS(=O)(=O)C1. The molecule has 2 aliphatic heterocycles. The number of fused-ring (bicyclic) bond motifs is 1. The summed E-state index contributed by atoms with van der Waals surface area (Å²) in [5.74, 6) is -0.702. The fourth-order valence-corrected chi connectivity index (χ4v) is 6.32. The summed E-state index contributed by atoms with van der Waals surface area (Å²) in [6, 6.07) is 6.93. The van der Waals surface area contributed by atoms with Gasteiger partial charge >= 0.3 is 0 Å². The van der Waals surface area contributed by atoms with Gasteiger partial charge in [0.2, 0.25) is 15.9 Å². The first-order chi connectivity index (χ1) is 11.3. The quantitative estimate of drug-likeness (QED) is 0.788. The van der Waals surface area contributed by atoms with E-state index in [9.17, 15) is 21.6 Å². The van der Waals surface area contributed by atoms with Crippen molar-refractivity contribution in [2.75, 3.05) is 28.1 Å². The zero-order chi connectivity index (χ0) is 17.4. The van der Waals surface area contributed by atoms with Crippen molar-refractivity contribution in [1.29, 1.82) is 0 Å². The molecule has 0 aliphatic carbocycles. The Balaban J connectivity index is 1.57. The van der Waals surface area contributed by atoms with Crippen LogP contribution in [0.2, 0.25) is 0 Å². The monoisotopic (exact) mass is 372 g/mol. The largest absolute Gasteiger partial charge is 0.352 e. The molecule has 3 rings (SSSR count). The van der Waals surface area contributed by atoms with Crippen LogP contribution in [-0.4, -0.2) is 52.6 Å². The Kier molecular flexibility index (Phi) is 4.56. The number of carbonyl (C=O) groups excluding carboxylic acids is 1. The number of nitrogens with one attached hydrogen (secondary N) is 1. The summed E-state index contributed by atoms with van der Waals surface area (Å²) in [6.45, 7) is 0.393. The van der Waals surface area contributed by atoms with E-state index in [1.165, 1.54) is 4.31 Å². The Morgan fingerprint density at radius 1 is 1.29 bits per heavy atom. The predicted molar refractivity (Wildman–Crippen MR) is 91.1 cm³/mol. The van der Waals surface area contributed by atoms with Crippen molar-refractivity contribution in [2.24, 2.45) is 0 Å². The molecule has 0 spiro atoms. The van der Waals surface area contributed by atoms with Gasteiger partial charge in [-0.3, -0.25) is 9.10 Å². The molecule has 1 saturated heterocycles. The summed E-state index contributed by atoms with van der Waals surface area (Å²) >= 11 is 0. The van der Waals surface area contributed by atoms with E-state index in [-0.39, 0.29) is 23.7 Å². The average molecular weight is 372 g/mol. The zero-order valence-electron chi connectivity index (χ0n) is 13.1. The van der Waals surface area contributed by atoms with Crippen molar-refractivity contribution < 1.29 is 21.6 Å². The maximum atomic E-state index is 12.5. The van der Waals surface area contributed by atoms with Gasteiger partial charge in [-0.25, -0.2) is 16.8 Å². The van der Waals surface area contributed by atoms with Crippen LogP contribution in [0.25, 0.3) is 0 Å². The Morgan fingerprint density at radius 2 is 2.04 bits per heavy atom. The third-order valence-corrected chi connectivity index (χ3v) is 7.90. The molecule has 1 unspecified atom stereocenters. The molecule has 1 amide bonds. The van der Waals surface area contributed by atoms with Gasteiger partial charge in [0.25, 0.3) is 0 Å². The van der Waals surface area contributed by atoms with Gasteiger partial charge in [0.05, 0.1) is 22.9 Å². The lowest BCUT2D eigenvalue weighted by molar-refractivity contribution is -0.121. The van der Waals surface area contributed by atoms with Crippen molar-refractivity contribution in [3.05, 3.63) is 29.8 Å². The standard InChI is InChI=1S/C15H20N2O5S2/c18-15(16-13-6-9-23(19,20)11-13)7-10-24(21,22)17-8-5-12-3-1-2-4-14(12)17/h1-4,13H,5-11H2,(H,16,18). The lowest BCUT2D eigenvalue weighted by Crippen LogP contribution is -2.38. The number of anilines is 1. The van der Waals surface area contributed by atoms with Crippen LogP contribution in [0.5, 0.6) is 0 Å². The number of hydrogen-bond acceptors (Lipinski definition) is 5. The van der Waals surface area contributed by atoms with Crippen LogP contribution in [0.15, 0.2) is 24.3 Å². The second kappa shape index (κ2) is 6.36. The number of sulfone groups is 1. The molecule has 0 saturated carbocycles. The van der Waals surface area contributed by atoms with Crippen molar-refractivity contribution in [3.63, 3.8) is 0 Å². The van der Waals surface area contributed by atoms with Gasteiger partial charge in [-0.15, -0.1) is 0 Å². The average Bonchev–Trinajstić information content (AvgIpc) is 3.09. The third kappa shape index (κ3) is 3.72. The Morgan fingerprint density at radius 3 is 2.75 bits per heavy atom. The molecule has 1 fully saturated rings. The molecule has 132 valence electrons. The molecule has 1 N–H and O–H groups in total. The number of para-hydroxylation sites is 1. The first-order valence-corrected chi connectivity index (χ1v) is 11.3. The minimum absolute atomic E-state index is 0.0645. The number of hydrogen-bond donors (Lipinski definition) is 1. The summed E-state index contributed by atoms with van der Waals surface area (Å²) in [7, 11) is -6.64. The van der Waals surface area contributed by atoms with Gasteiger partial charge in [-0.05, 0) is 24.5 Å². The molecular formula is C15H20N2O5S2. The van der Waals surface area contributed by atoms with Gasteiger partial charge in [-0.2, -0.15) is 0 Å². The lowest BCUT2D eigenvalue weighted by atomic mass is 10.2. The third-order valence-electron chi connectivity index (χ3n) is 4.36. The van der Waals surface area contributed by atoms with Gasteiger partial charge in [0.15, 0.2) is 9.84 Å². The number of benzene rings is 1. The van der Waals surface area contributed by atoms with Crippen LogP contribution in [0.4, 0.5) is 5.69 Å². The minimum atomic E-state index is -3.57. The topological polar surface area (TPSA) is 101 Å². The molecule has 0 radical (unpaired) electrons. The van der Waals surface area contributed by atoms with E-state index in [1.54, 1.807) is 12.1 Å². The molecule has 1 aromatic rings. The Hall–Kier alpha value is -1.61. The highest BCUT2D eigenvalue weighted by Crippen LogP contribution is 2.30. The molecule has 0 bridgehead atoms. The number of sulfonamides is 1. The number of nitrogens with zero attached hydrogens (tertiary/aromatic N) is 1. The van der Waals surface area contributed by atoms with Gasteiger partial charge < -0.3 is 5.32 Å². The van der Waals surface area contributed by atoms with Crippen molar-refractivity contribution in [3.8, 4) is 0 Å². The fourth-order valence-electron chi connectivity index (χ4n) is 3.14. The molecule has 24 heavy (non-hydrogen) atoms. The van der Waals surface area contributed by atoms with Crippen LogP contribution >= 0.6 is 0 Å². The molecule has 9 heteroatoms. The van der Waals surface area contributed by atoms with Gasteiger partial charge in [-0.1, -0.05) is 18.2 Å². The Labute approximate surface area is 142 Å². The second-order valence-corrected chi connectivity index (χ2v) is 10.4. The second-order valence-electron chi connectivity index (χ2n) is 6.18. The van der Waals surface area contributed by atoms with Gasteiger partial charge in [0, 0.05) is 19.0 Å². The lowest BCUT2D eigenvalue weighted by Gasteiger charge is -2.19. The molecule has 0 aromatic heterocycles. The number of rotatable bonds is 5. The van der Waals surface area contributed by atoms with Crippen LogP contribution in [0, 0.1) is 0 Å². The smallest absolute Gasteiger partial charge is 0.235 e. The van der Waals surface area contributed by atoms with Gasteiger partial charge in [0.1, 0.15) is 0 Å². The normalized spacial score (nSPS) is 22.3. The van der Waals surface area contributed by atoms with E-state index >= 15 is 0 Å². The van der Waals surface area contributed by atoms with Crippen LogP contribution < -0.4 is 9.62 Å². The maximum absolute atomic E-state index is 12.5. The summed E-state index contributed by atoms with van der Waals surface area (Å²) in [4.78, 5) is 11.9. The van der Waals surface area contributed by atoms with Crippen LogP contribution in [0.1, 0.15) is 18.4 Å². The van der Waals surface area contributed by atoms with E-state index in [1.807, 2.05) is 12.1 Å². The summed E-state index contributed by atoms with van der Waals surface area (Å²) < 4.78 is 49.1.